The second kappa shape index (κ2) is 6.17. The molecule has 1 atom stereocenters. The third-order valence-corrected chi connectivity index (χ3v) is 5.86. The topological polar surface area (TPSA) is 32.3 Å². The summed E-state index contributed by atoms with van der Waals surface area (Å²) in [4.78, 5) is 15.1. The van der Waals surface area contributed by atoms with Gasteiger partial charge >= 0.3 is 0 Å². The van der Waals surface area contributed by atoms with Gasteiger partial charge in [-0.3, -0.25) is 9.69 Å². The summed E-state index contributed by atoms with van der Waals surface area (Å²) in [6.07, 6.45) is 0. The smallest absolute Gasteiger partial charge is 0.282 e. The van der Waals surface area contributed by atoms with Crippen LogP contribution in [0.1, 0.15) is 6.92 Å². The Bertz CT molecular complexity index is 563. The van der Waals surface area contributed by atoms with Crippen LogP contribution in [0.3, 0.4) is 0 Å². The molecule has 22 heavy (non-hydrogen) atoms. The number of carbonyl (C=O) groups is 1. The van der Waals surface area contributed by atoms with Crippen molar-refractivity contribution < 1.29 is 9.28 Å². The first-order chi connectivity index (χ1) is 10.4. The lowest BCUT2D eigenvalue weighted by Crippen LogP contribution is -2.72. The summed E-state index contributed by atoms with van der Waals surface area (Å²) < 4.78 is 0.852. The van der Waals surface area contributed by atoms with Gasteiger partial charge in [0.15, 0.2) is 6.04 Å². The number of nitrogens with zero attached hydrogens (tertiary/aromatic N) is 2. The van der Waals surface area contributed by atoms with Gasteiger partial charge < -0.3 is 9.80 Å². The lowest BCUT2D eigenvalue weighted by atomic mass is 10.1. The number of halogens is 3. The van der Waals surface area contributed by atoms with Crippen molar-refractivity contribution in [2.45, 2.75) is 13.0 Å². The maximum atomic E-state index is 12.7. The zero-order valence-electron chi connectivity index (χ0n) is 12.4. The van der Waals surface area contributed by atoms with Crippen LogP contribution in [-0.2, 0) is 4.79 Å². The number of anilines is 1. The first-order valence-corrected chi connectivity index (χ1v) is 8.58. The summed E-state index contributed by atoms with van der Waals surface area (Å²) in [5.41, 5.74) is 0.443. The first kappa shape index (κ1) is 16.3. The fourth-order valence-corrected chi connectivity index (χ4v) is 4.32. The Hall–Kier alpha value is -0.520. The minimum atomic E-state index is -0.120. The lowest BCUT2D eigenvalue weighted by molar-refractivity contribution is -0.953. The van der Waals surface area contributed by atoms with Gasteiger partial charge in [-0.05, 0) is 19.1 Å². The number of nitrogens with one attached hydrogen (secondary N) is 1. The molecule has 0 unspecified atom stereocenters. The number of amides is 1. The number of fused-ring (bicyclic) bond motifs is 3. The van der Waals surface area contributed by atoms with Crippen LogP contribution in [0, 0.1) is 0 Å². The largest absolute Gasteiger partial charge is 0.318 e. The third-order valence-electron chi connectivity index (χ3n) is 5.04. The first-order valence-electron chi connectivity index (χ1n) is 7.45. The molecule has 1 amide bonds. The fraction of sp³-hybridized carbons (Fsp3) is 0.533. The lowest BCUT2D eigenvalue weighted by Gasteiger charge is -2.52. The molecule has 4 nitrogen and oxygen atoms in total. The molecule has 0 aromatic heterocycles. The molecule has 0 saturated carbocycles. The maximum absolute atomic E-state index is 12.7. The van der Waals surface area contributed by atoms with Gasteiger partial charge in [-0.1, -0.05) is 34.8 Å². The second-order valence-electron chi connectivity index (χ2n) is 6.14. The molecule has 1 aromatic carbocycles. The van der Waals surface area contributed by atoms with Gasteiger partial charge in [0.05, 0.1) is 35.4 Å². The molecule has 1 aromatic rings. The Labute approximate surface area is 145 Å². The van der Waals surface area contributed by atoms with Gasteiger partial charge in [0.1, 0.15) is 0 Å². The van der Waals surface area contributed by atoms with Crippen LogP contribution in [0.15, 0.2) is 12.1 Å². The van der Waals surface area contributed by atoms with Crippen molar-refractivity contribution in [1.29, 1.82) is 0 Å². The van der Waals surface area contributed by atoms with E-state index < -0.39 is 0 Å². The van der Waals surface area contributed by atoms with Crippen molar-refractivity contribution in [2.24, 2.45) is 0 Å². The predicted molar refractivity (Wildman–Crippen MR) is 90.9 cm³/mol. The number of rotatable bonds is 3. The summed E-state index contributed by atoms with van der Waals surface area (Å²) >= 11 is 18.2. The van der Waals surface area contributed by atoms with Crippen molar-refractivity contribution in [1.82, 2.24) is 4.90 Å². The molecular formula is C15H19Cl3N3O+. The van der Waals surface area contributed by atoms with Crippen LogP contribution in [0.4, 0.5) is 5.69 Å². The van der Waals surface area contributed by atoms with Gasteiger partial charge in [-0.2, -0.15) is 0 Å². The molecule has 7 heteroatoms. The van der Waals surface area contributed by atoms with Crippen LogP contribution >= 0.6 is 34.8 Å². The highest BCUT2D eigenvalue weighted by molar-refractivity contribution is 6.42. The molecule has 3 aliphatic rings. The molecule has 3 fully saturated rings. The Balaban J connectivity index is 1.77. The molecule has 4 rings (SSSR count). The van der Waals surface area contributed by atoms with Crippen molar-refractivity contribution >= 4 is 46.4 Å². The Morgan fingerprint density at radius 2 is 1.64 bits per heavy atom. The van der Waals surface area contributed by atoms with E-state index in [4.69, 9.17) is 34.8 Å². The van der Waals surface area contributed by atoms with Gasteiger partial charge in [-0.15, -0.1) is 0 Å². The standard InChI is InChI=1S/C15H18Cl3N3O/c1-10(21-5-2-20(3-6-21)4-7-21)15(22)19-14-12(17)8-11(16)9-13(14)18/h8-10H,2-7H2,1H3/p+1/t10-/m1/s1. The Kier molecular flexibility index (Phi) is 4.59. The second-order valence-corrected chi connectivity index (χ2v) is 7.39. The number of hydrogen-bond donors (Lipinski definition) is 1. The zero-order chi connectivity index (χ0) is 15.9. The molecule has 0 spiro atoms. The van der Waals surface area contributed by atoms with E-state index in [0.29, 0.717) is 20.8 Å². The molecular weight excluding hydrogens is 345 g/mol. The quantitative estimate of drug-likeness (QED) is 0.837. The van der Waals surface area contributed by atoms with E-state index in [1.807, 2.05) is 6.92 Å². The van der Waals surface area contributed by atoms with Crippen LogP contribution in [-0.4, -0.2) is 60.6 Å². The Morgan fingerprint density at radius 3 is 2.14 bits per heavy atom. The highest BCUT2D eigenvalue weighted by Gasteiger charge is 2.45. The SMILES string of the molecule is C[C@H](C(=O)Nc1c(Cl)cc(Cl)cc1Cl)[N+]12CCN(CC1)CC2. The number of piperazine rings is 3. The summed E-state index contributed by atoms with van der Waals surface area (Å²) in [6, 6.07) is 3.05. The molecule has 120 valence electrons. The summed E-state index contributed by atoms with van der Waals surface area (Å²) in [6.45, 7) is 8.28. The minimum absolute atomic E-state index is 0.0403. The third kappa shape index (κ3) is 2.95. The van der Waals surface area contributed by atoms with Gasteiger partial charge in [0.2, 0.25) is 0 Å². The number of hydrogen-bond acceptors (Lipinski definition) is 2. The molecule has 3 saturated heterocycles. The monoisotopic (exact) mass is 362 g/mol. The number of benzene rings is 1. The van der Waals surface area contributed by atoms with Crippen LogP contribution < -0.4 is 5.32 Å². The van der Waals surface area contributed by atoms with E-state index in [0.717, 1.165) is 43.8 Å². The van der Waals surface area contributed by atoms with Crippen LogP contribution in [0.25, 0.3) is 0 Å². The van der Waals surface area contributed by atoms with E-state index in [9.17, 15) is 4.79 Å². The van der Waals surface area contributed by atoms with Crippen molar-refractivity contribution in [3.05, 3.63) is 27.2 Å². The molecule has 1 N–H and O–H groups in total. The summed E-state index contributed by atoms with van der Waals surface area (Å²) in [5.74, 6) is -0.0403. The Morgan fingerprint density at radius 1 is 1.14 bits per heavy atom. The van der Waals surface area contributed by atoms with Crippen LogP contribution in [0.5, 0.6) is 0 Å². The van der Waals surface area contributed by atoms with Gasteiger partial charge in [0.25, 0.3) is 5.91 Å². The van der Waals surface area contributed by atoms with Gasteiger partial charge in [-0.25, -0.2) is 0 Å². The number of quaternary nitrogens is 1. The maximum Gasteiger partial charge on any atom is 0.282 e. The summed E-state index contributed by atoms with van der Waals surface area (Å²) in [5, 5.41) is 4.07. The molecule has 2 bridgehead atoms. The highest BCUT2D eigenvalue weighted by atomic mass is 35.5. The van der Waals surface area contributed by atoms with Crippen molar-refractivity contribution in [3.8, 4) is 0 Å². The molecule has 0 aliphatic carbocycles. The molecule has 3 heterocycles. The van der Waals surface area contributed by atoms with E-state index in [-0.39, 0.29) is 11.9 Å². The van der Waals surface area contributed by atoms with E-state index in [2.05, 4.69) is 10.2 Å². The highest BCUT2D eigenvalue weighted by Crippen LogP contribution is 2.34. The van der Waals surface area contributed by atoms with E-state index >= 15 is 0 Å². The van der Waals surface area contributed by atoms with E-state index in [1.165, 1.54) is 0 Å². The van der Waals surface area contributed by atoms with Crippen molar-refractivity contribution in [3.63, 3.8) is 0 Å². The normalized spacial score (nSPS) is 28.5. The predicted octanol–water partition coefficient (Wildman–Crippen LogP) is 3.12. The molecule has 3 aliphatic heterocycles. The summed E-state index contributed by atoms with van der Waals surface area (Å²) in [7, 11) is 0. The zero-order valence-corrected chi connectivity index (χ0v) is 14.7. The van der Waals surface area contributed by atoms with Crippen LogP contribution in [0.2, 0.25) is 15.1 Å². The minimum Gasteiger partial charge on any atom is -0.318 e. The fourth-order valence-electron chi connectivity index (χ4n) is 3.41. The number of carbonyl (C=O) groups excluding carboxylic acids is 1. The molecule has 0 radical (unpaired) electrons. The average molecular weight is 364 g/mol. The van der Waals surface area contributed by atoms with Gasteiger partial charge in [0, 0.05) is 24.7 Å². The average Bonchev–Trinajstić information content (AvgIpc) is 2.51. The van der Waals surface area contributed by atoms with Crippen molar-refractivity contribution in [2.75, 3.05) is 44.6 Å². The van der Waals surface area contributed by atoms with E-state index in [1.54, 1.807) is 12.1 Å².